The minimum atomic E-state index is 0.719. The molecule has 1 saturated carbocycles. The SMILES string of the molecule is c1n[nH]nc1-c1nc(C2CC2)cs1. The fraction of sp³-hybridized carbons (Fsp3) is 0.375. The van der Waals surface area contributed by atoms with E-state index in [0.717, 1.165) is 16.6 Å². The van der Waals surface area contributed by atoms with E-state index < -0.39 is 0 Å². The van der Waals surface area contributed by atoms with E-state index in [1.54, 1.807) is 17.5 Å². The molecule has 1 fully saturated rings. The lowest BCUT2D eigenvalue weighted by Crippen LogP contribution is -1.80. The molecule has 4 nitrogen and oxygen atoms in total. The van der Waals surface area contributed by atoms with E-state index in [-0.39, 0.29) is 0 Å². The summed E-state index contributed by atoms with van der Waals surface area (Å²) in [6, 6.07) is 0. The van der Waals surface area contributed by atoms with E-state index in [1.807, 2.05) is 0 Å². The van der Waals surface area contributed by atoms with Gasteiger partial charge >= 0.3 is 0 Å². The smallest absolute Gasteiger partial charge is 0.145 e. The van der Waals surface area contributed by atoms with Crippen molar-refractivity contribution in [3.63, 3.8) is 0 Å². The summed E-state index contributed by atoms with van der Waals surface area (Å²) in [6.45, 7) is 0. The molecular weight excluding hydrogens is 184 g/mol. The zero-order valence-electron chi connectivity index (χ0n) is 6.90. The van der Waals surface area contributed by atoms with Crippen molar-refractivity contribution >= 4 is 11.3 Å². The van der Waals surface area contributed by atoms with Crippen LogP contribution in [-0.4, -0.2) is 20.4 Å². The number of thiazole rings is 1. The summed E-state index contributed by atoms with van der Waals surface area (Å²) < 4.78 is 0. The molecule has 3 rings (SSSR count). The van der Waals surface area contributed by atoms with E-state index in [0.29, 0.717) is 0 Å². The van der Waals surface area contributed by atoms with E-state index in [1.165, 1.54) is 18.5 Å². The minimum Gasteiger partial charge on any atom is -0.239 e. The first kappa shape index (κ1) is 7.20. The summed E-state index contributed by atoms with van der Waals surface area (Å²) in [4.78, 5) is 4.51. The highest BCUT2D eigenvalue weighted by molar-refractivity contribution is 7.13. The fourth-order valence-corrected chi connectivity index (χ4v) is 2.13. The van der Waals surface area contributed by atoms with E-state index >= 15 is 0 Å². The van der Waals surface area contributed by atoms with Crippen LogP contribution in [0.5, 0.6) is 0 Å². The summed E-state index contributed by atoms with van der Waals surface area (Å²) in [5.74, 6) is 0.719. The van der Waals surface area contributed by atoms with Gasteiger partial charge in [0.25, 0.3) is 0 Å². The van der Waals surface area contributed by atoms with Gasteiger partial charge in [0.05, 0.1) is 11.9 Å². The highest BCUT2D eigenvalue weighted by Crippen LogP contribution is 2.41. The molecule has 0 unspecified atom stereocenters. The molecule has 2 aromatic heterocycles. The third-order valence-corrected chi connectivity index (χ3v) is 3.03. The van der Waals surface area contributed by atoms with Crippen LogP contribution in [0.2, 0.25) is 0 Å². The molecule has 0 aliphatic heterocycles. The average molecular weight is 192 g/mol. The first-order valence-corrected chi connectivity index (χ1v) is 5.13. The predicted octanol–water partition coefficient (Wildman–Crippen LogP) is 1.81. The van der Waals surface area contributed by atoms with Gasteiger partial charge < -0.3 is 0 Å². The molecule has 0 amide bonds. The van der Waals surface area contributed by atoms with Gasteiger partial charge in [-0.1, -0.05) is 0 Å². The maximum absolute atomic E-state index is 4.51. The third kappa shape index (κ3) is 1.25. The molecule has 2 heterocycles. The van der Waals surface area contributed by atoms with E-state index in [9.17, 15) is 0 Å². The molecule has 0 radical (unpaired) electrons. The van der Waals surface area contributed by atoms with Crippen LogP contribution < -0.4 is 0 Å². The maximum atomic E-state index is 4.51. The van der Waals surface area contributed by atoms with Gasteiger partial charge in [-0.25, -0.2) is 4.98 Å². The Hall–Kier alpha value is -1.23. The van der Waals surface area contributed by atoms with E-state index in [4.69, 9.17) is 0 Å². The third-order valence-electron chi connectivity index (χ3n) is 2.15. The van der Waals surface area contributed by atoms with Crippen molar-refractivity contribution in [3.05, 3.63) is 17.3 Å². The fourth-order valence-electron chi connectivity index (χ4n) is 1.28. The number of aromatic amines is 1. The van der Waals surface area contributed by atoms with Gasteiger partial charge in [0.15, 0.2) is 0 Å². The highest BCUT2D eigenvalue weighted by Gasteiger charge is 2.26. The van der Waals surface area contributed by atoms with Crippen molar-refractivity contribution in [2.75, 3.05) is 0 Å². The first-order chi connectivity index (χ1) is 6.43. The van der Waals surface area contributed by atoms with Crippen molar-refractivity contribution in [2.24, 2.45) is 0 Å². The molecule has 0 bridgehead atoms. The Kier molecular flexibility index (Phi) is 1.46. The molecule has 66 valence electrons. The number of rotatable bonds is 2. The normalized spacial score (nSPS) is 16.3. The molecule has 1 N–H and O–H groups in total. The topological polar surface area (TPSA) is 54.5 Å². The lowest BCUT2D eigenvalue weighted by atomic mass is 10.3. The number of hydrogen-bond acceptors (Lipinski definition) is 4. The van der Waals surface area contributed by atoms with Crippen LogP contribution in [-0.2, 0) is 0 Å². The van der Waals surface area contributed by atoms with Crippen molar-refractivity contribution in [1.82, 2.24) is 20.4 Å². The Bertz CT molecular complexity index is 401. The second-order valence-electron chi connectivity index (χ2n) is 3.21. The summed E-state index contributed by atoms with van der Waals surface area (Å²) in [6.07, 6.45) is 4.29. The summed E-state index contributed by atoms with van der Waals surface area (Å²) in [5.41, 5.74) is 2.07. The van der Waals surface area contributed by atoms with Crippen LogP contribution in [0.3, 0.4) is 0 Å². The van der Waals surface area contributed by atoms with Gasteiger partial charge in [-0.3, -0.25) is 0 Å². The number of nitrogens with zero attached hydrogens (tertiary/aromatic N) is 3. The standard InChI is InChI=1S/C8H8N4S/c1-2-5(1)7-4-13-8(10-7)6-3-9-12-11-6/h3-5H,1-2H2,(H,9,11,12). The second-order valence-corrected chi connectivity index (χ2v) is 4.07. The maximum Gasteiger partial charge on any atom is 0.145 e. The lowest BCUT2D eigenvalue weighted by molar-refractivity contribution is 0.941. The molecule has 0 spiro atoms. The summed E-state index contributed by atoms with van der Waals surface area (Å²) in [7, 11) is 0. The monoisotopic (exact) mass is 192 g/mol. The van der Waals surface area contributed by atoms with Gasteiger partial charge in [-0.15, -0.1) is 11.3 Å². The van der Waals surface area contributed by atoms with Crippen LogP contribution in [0.1, 0.15) is 24.5 Å². The van der Waals surface area contributed by atoms with Crippen molar-refractivity contribution in [1.29, 1.82) is 0 Å². The zero-order chi connectivity index (χ0) is 8.67. The lowest BCUT2D eigenvalue weighted by Gasteiger charge is -1.86. The van der Waals surface area contributed by atoms with Crippen LogP contribution in [0.15, 0.2) is 11.6 Å². The minimum absolute atomic E-state index is 0.719. The molecule has 0 saturated heterocycles. The average Bonchev–Trinajstić information content (AvgIpc) is 2.72. The Balaban J connectivity index is 1.97. The van der Waals surface area contributed by atoms with Crippen molar-refractivity contribution in [2.45, 2.75) is 18.8 Å². The molecule has 1 aliphatic carbocycles. The van der Waals surface area contributed by atoms with Crippen LogP contribution in [0, 0.1) is 0 Å². The molecule has 0 aromatic carbocycles. The number of aromatic nitrogens is 4. The van der Waals surface area contributed by atoms with Crippen molar-refractivity contribution < 1.29 is 0 Å². The summed E-state index contributed by atoms with van der Waals surface area (Å²) >= 11 is 1.64. The van der Waals surface area contributed by atoms with Gasteiger partial charge in [0.1, 0.15) is 10.7 Å². The number of nitrogens with one attached hydrogen (secondary N) is 1. The molecule has 1 aliphatic rings. The van der Waals surface area contributed by atoms with Crippen LogP contribution >= 0.6 is 11.3 Å². The number of H-pyrrole nitrogens is 1. The highest BCUT2D eigenvalue weighted by atomic mass is 32.1. The predicted molar refractivity (Wildman–Crippen MR) is 49.5 cm³/mol. The Labute approximate surface area is 79.0 Å². The zero-order valence-corrected chi connectivity index (χ0v) is 7.71. The molecule has 2 aromatic rings. The van der Waals surface area contributed by atoms with Gasteiger partial charge in [0, 0.05) is 11.3 Å². The van der Waals surface area contributed by atoms with E-state index in [2.05, 4.69) is 25.8 Å². The summed E-state index contributed by atoms with van der Waals surface area (Å²) in [5, 5.41) is 13.4. The Morgan fingerprint density at radius 2 is 2.38 bits per heavy atom. The van der Waals surface area contributed by atoms with Crippen LogP contribution in [0.25, 0.3) is 10.7 Å². The van der Waals surface area contributed by atoms with Gasteiger partial charge in [0.2, 0.25) is 0 Å². The molecule has 5 heteroatoms. The van der Waals surface area contributed by atoms with Gasteiger partial charge in [-0.05, 0) is 12.8 Å². The molecule has 13 heavy (non-hydrogen) atoms. The Morgan fingerprint density at radius 3 is 3.08 bits per heavy atom. The largest absolute Gasteiger partial charge is 0.239 e. The van der Waals surface area contributed by atoms with Gasteiger partial charge in [-0.2, -0.15) is 15.4 Å². The number of hydrogen-bond donors (Lipinski definition) is 1. The molecular formula is C8H8N4S. The second kappa shape index (κ2) is 2.63. The quantitative estimate of drug-likeness (QED) is 0.789. The molecule has 0 atom stereocenters. The Morgan fingerprint density at radius 1 is 1.46 bits per heavy atom. The van der Waals surface area contributed by atoms with Crippen molar-refractivity contribution in [3.8, 4) is 10.7 Å². The van der Waals surface area contributed by atoms with Crippen LogP contribution in [0.4, 0.5) is 0 Å². The first-order valence-electron chi connectivity index (χ1n) is 4.25.